The fraction of sp³-hybridized carbons (Fsp3) is 0.250. The number of ether oxygens (including phenoxy) is 1. The molecule has 1 aromatic carbocycles. The minimum atomic E-state index is -0.223. The van der Waals surface area contributed by atoms with Crippen LogP contribution < -0.4 is 10.1 Å². The number of hydrogen-bond donors (Lipinski definition) is 2. The number of benzene rings is 1. The summed E-state index contributed by atoms with van der Waals surface area (Å²) in [5.74, 6) is 1.07. The van der Waals surface area contributed by atoms with Crippen LogP contribution in [0.2, 0.25) is 0 Å². The van der Waals surface area contributed by atoms with Gasteiger partial charge in [-0.15, -0.1) is 0 Å². The number of H-pyrrole nitrogens is 1. The first-order valence-corrected chi connectivity index (χ1v) is 5.58. The Bertz CT molecular complexity index is 484. The van der Waals surface area contributed by atoms with Crippen molar-refractivity contribution < 1.29 is 9.53 Å². The van der Waals surface area contributed by atoms with E-state index in [4.69, 9.17) is 4.74 Å². The van der Waals surface area contributed by atoms with Gasteiger partial charge < -0.3 is 10.1 Å². The van der Waals surface area contributed by atoms with E-state index in [0.29, 0.717) is 11.6 Å². The number of aromatic amines is 1. The zero-order valence-corrected chi connectivity index (χ0v) is 9.96. The lowest BCUT2D eigenvalue weighted by molar-refractivity contribution is -0.123. The number of aromatic nitrogens is 3. The molecule has 0 spiro atoms. The molecule has 0 saturated heterocycles. The highest BCUT2D eigenvalue weighted by atomic mass is 16.5. The third-order valence-electron chi connectivity index (χ3n) is 2.33. The highest BCUT2D eigenvalue weighted by Crippen LogP contribution is 2.08. The van der Waals surface area contributed by atoms with Gasteiger partial charge in [0.15, 0.2) is 6.61 Å². The molecule has 0 aliphatic carbocycles. The van der Waals surface area contributed by atoms with Crippen molar-refractivity contribution in [1.82, 2.24) is 20.5 Å². The Kier molecular flexibility index (Phi) is 3.90. The molecule has 6 heteroatoms. The number of amides is 1. The molecule has 0 fully saturated rings. The van der Waals surface area contributed by atoms with E-state index in [1.54, 1.807) is 12.1 Å². The smallest absolute Gasteiger partial charge is 0.258 e. The van der Waals surface area contributed by atoms with Crippen LogP contribution in [0.25, 0.3) is 0 Å². The molecule has 6 nitrogen and oxygen atoms in total. The molecule has 1 aromatic heterocycles. The Labute approximate surface area is 104 Å². The molecule has 0 radical (unpaired) electrons. The molecule has 0 saturated carbocycles. The molecule has 0 aliphatic heterocycles. The van der Waals surface area contributed by atoms with Crippen LogP contribution in [0, 0.1) is 0 Å². The molecule has 1 unspecified atom stereocenters. The monoisotopic (exact) mass is 246 g/mol. The van der Waals surface area contributed by atoms with Gasteiger partial charge in [0, 0.05) is 0 Å². The molecule has 2 rings (SSSR count). The van der Waals surface area contributed by atoms with Crippen LogP contribution in [-0.2, 0) is 4.79 Å². The SMILES string of the molecule is CC(NC(=O)COc1ccccc1)c1ncn[nH]1. The fourth-order valence-corrected chi connectivity index (χ4v) is 1.44. The van der Waals surface area contributed by atoms with Crippen molar-refractivity contribution in [3.8, 4) is 5.75 Å². The van der Waals surface area contributed by atoms with E-state index >= 15 is 0 Å². The molecule has 94 valence electrons. The highest BCUT2D eigenvalue weighted by molar-refractivity contribution is 5.77. The zero-order valence-electron chi connectivity index (χ0n) is 9.96. The van der Waals surface area contributed by atoms with Gasteiger partial charge >= 0.3 is 0 Å². The van der Waals surface area contributed by atoms with E-state index in [1.807, 2.05) is 25.1 Å². The third kappa shape index (κ3) is 3.31. The lowest BCUT2D eigenvalue weighted by atomic mass is 10.3. The van der Waals surface area contributed by atoms with E-state index < -0.39 is 0 Å². The first kappa shape index (κ1) is 12.1. The Hall–Kier alpha value is -2.37. The largest absolute Gasteiger partial charge is 0.484 e. The lowest BCUT2D eigenvalue weighted by Crippen LogP contribution is -2.31. The van der Waals surface area contributed by atoms with Crippen molar-refractivity contribution >= 4 is 5.91 Å². The van der Waals surface area contributed by atoms with Gasteiger partial charge in [0.1, 0.15) is 17.9 Å². The summed E-state index contributed by atoms with van der Waals surface area (Å²) in [6, 6.07) is 8.97. The minimum absolute atomic E-state index is 0.0253. The molecule has 2 N–H and O–H groups in total. The van der Waals surface area contributed by atoms with Crippen molar-refractivity contribution in [3.63, 3.8) is 0 Å². The predicted molar refractivity (Wildman–Crippen MR) is 64.9 cm³/mol. The topological polar surface area (TPSA) is 79.9 Å². The molecular formula is C12H14N4O2. The molecule has 0 aliphatic rings. The second kappa shape index (κ2) is 5.81. The van der Waals surface area contributed by atoms with Gasteiger partial charge in [-0.3, -0.25) is 9.89 Å². The number of nitrogens with one attached hydrogen (secondary N) is 2. The van der Waals surface area contributed by atoms with Crippen molar-refractivity contribution in [1.29, 1.82) is 0 Å². The lowest BCUT2D eigenvalue weighted by Gasteiger charge is -2.11. The second-order valence-corrected chi connectivity index (χ2v) is 3.76. The maximum Gasteiger partial charge on any atom is 0.258 e. The molecule has 1 heterocycles. The van der Waals surface area contributed by atoms with Gasteiger partial charge in [0.05, 0.1) is 6.04 Å². The van der Waals surface area contributed by atoms with E-state index in [1.165, 1.54) is 6.33 Å². The second-order valence-electron chi connectivity index (χ2n) is 3.76. The molecule has 0 bridgehead atoms. The summed E-state index contributed by atoms with van der Waals surface area (Å²) >= 11 is 0. The number of para-hydroxylation sites is 1. The third-order valence-corrected chi connectivity index (χ3v) is 2.33. The Morgan fingerprint density at radius 2 is 2.22 bits per heavy atom. The van der Waals surface area contributed by atoms with Gasteiger partial charge in [-0.05, 0) is 19.1 Å². The van der Waals surface area contributed by atoms with Crippen LogP contribution in [0.1, 0.15) is 18.8 Å². The molecule has 18 heavy (non-hydrogen) atoms. The summed E-state index contributed by atoms with van der Waals surface area (Å²) in [6.45, 7) is 1.80. The van der Waals surface area contributed by atoms with Crippen molar-refractivity contribution in [2.24, 2.45) is 0 Å². The number of nitrogens with zero attached hydrogens (tertiary/aromatic N) is 2. The molecule has 1 amide bonds. The maximum atomic E-state index is 11.6. The first-order valence-electron chi connectivity index (χ1n) is 5.58. The first-order chi connectivity index (χ1) is 8.75. The molecule has 1 atom stereocenters. The van der Waals surface area contributed by atoms with Crippen LogP contribution in [0.4, 0.5) is 0 Å². The van der Waals surface area contributed by atoms with Crippen molar-refractivity contribution in [2.45, 2.75) is 13.0 Å². The summed E-state index contributed by atoms with van der Waals surface area (Å²) in [7, 11) is 0. The minimum Gasteiger partial charge on any atom is -0.484 e. The quantitative estimate of drug-likeness (QED) is 0.826. The van der Waals surface area contributed by atoms with Gasteiger partial charge in [-0.25, -0.2) is 4.98 Å². The summed E-state index contributed by atoms with van der Waals surface area (Å²) in [5, 5.41) is 9.18. The standard InChI is InChI=1S/C12H14N4O2/c1-9(12-13-8-14-16-12)15-11(17)7-18-10-5-3-2-4-6-10/h2-6,8-9H,7H2,1H3,(H,15,17)(H,13,14,16). The van der Waals surface area contributed by atoms with E-state index in [9.17, 15) is 4.79 Å². The van der Waals surface area contributed by atoms with E-state index in [0.717, 1.165) is 0 Å². The van der Waals surface area contributed by atoms with Crippen LogP contribution in [0.5, 0.6) is 5.75 Å². The van der Waals surface area contributed by atoms with Gasteiger partial charge in [0.25, 0.3) is 5.91 Å². The average Bonchev–Trinajstić information content (AvgIpc) is 2.91. The highest BCUT2D eigenvalue weighted by Gasteiger charge is 2.11. The van der Waals surface area contributed by atoms with Crippen LogP contribution in [0.15, 0.2) is 36.7 Å². The summed E-state index contributed by atoms with van der Waals surface area (Å²) in [6.07, 6.45) is 1.40. The Morgan fingerprint density at radius 3 is 2.89 bits per heavy atom. The van der Waals surface area contributed by atoms with E-state index in [-0.39, 0.29) is 18.6 Å². The fourth-order valence-electron chi connectivity index (χ4n) is 1.44. The van der Waals surface area contributed by atoms with Gasteiger partial charge in [-0.1, -0.05) is 18.2 Å². The van der Waals surface area contributed by atoms with Crippen LogP contribution >= 0.6 is 0 Å². The number of rotatable bonds is 5. The maximum absolute atomic E-state index is 11.6. The Balaban J connectivity index is 1.79. The van der Waals surface area contributed by atoms with E-state index in [2.05, 4.69) is 20.5 Å². The summed E-state index contributed by atoms with van der Waals surface area (Å²) in [5.41, 5.74) is 0. The number of hydrogen-bond acceptors (Lipinski definition) is 4. The number of carbonyl (C=O) groups is 1. The summed E-state index contributed by atoms with van der Waals surface area (Å²) in [4.78, 5) is 15.6. The predicted octanol–water partition coefficient (Wildman–Crippen LogP) is 1.06. The number of carbonyl (C=O) groups excluding carboxylic acids is 1. The van der Waals surface area contributed by atoms with Crippen LogP contribution in [0.3, 0.4) is 0 Å². The summed E-state index contributed by atoms with van der Waals surface area (Å²) < 4.78 is 5.33. The molecular weight excluding hydrogens is 232 g/mol. The van der Waals surface area contributed by atoms with Crippen molar-refractivity contribution in [2.75, 3.05) is 6.61 Å². The normalized spacial score (nSPS) is 11.8. The van der Waals surface area contributed by atoms with Gasteiger partial charge in [-0.2, -0.15) is 5.10 Å². The van der Waals surface area contributed by atoms with Crippen molar-refractivity contribution in [3.05, 3.63) is 42.5 Å². The van der Waals surface area contributed by atoms with Gasteiger partial charge in [0.2, 0.25) is 0 Å². The zero-order chi connectivity index (χ0) is 12.8. The molecule has 2 aromatic rings. The Morgan fingerprint density at radius 1 is 1.44 bits per heavy atom. The van der Waals surface area contributed by atoms with Crippen LogP contribution in [-0.4, -0.2) is 27.7 Å². The average molecular weight is 246 g/mol.